The van der Waals surface area contributed by atoms with Crippen LogP contribution in [0.2, 0.25) is 10.0 Å². The number of nitrogens with zero attached hydrogens (tertiary/aromatic N) is 3. The first kappa shape index (κ1) is 36.7. The highest BCUT2D eigenvalue weighted by Gasteiger charge is 2.29. The van der Waals surface area contributed by atoms with Gasteiger partial charge in [-0.3, -0.25) is 14.5 Å². The number of anilines is 2. The second-order valence-electron chi connectivity index (χ2n) is 12.6. The summed E-state index contributed by atoms with van der Waals surface area (Å²) in [5.41, 5.74) is 2.87. The molecule has 5 rings (SSSR count). The van der Waals surface area contributed by atoms with Gasteiger partial charge in [0, 0.05) is 42.3 Å². The Kier molecular flexibility index (Phi) is 12.6. The molecular weight excluding hydrogens is 701 g/mol. The highest BCUT2D eigenvalue weighted by atomic mass is 35.5. The number of imide groups is 1. The summed E-state index contributed by atoms with van der Waals surface area (Å²) in [5.74, 6) is -0.235. The van der Waals surface area contributed by atoms with E-state index in [1.807, 2.05) is 60.0 Å². The smallest absolute Gasteiger partial charge is 0.421 e. The van der Waals surface area contributed by atoms with E-state index in [1.165, 1.54) is 23.1 Å². The fraction of sp³-hybridized carbons (Fsp3) is 0.333. The van der Waals surface area contributed by atoms with Crippen molar-refractivity contribution in [3.05, 3.63) is 93.8 Å². The van der Waals surface area contributed by atoms with Gasteiger partial charge in [0.15, 0.2) is 4.34 Å². The number of carbonyl (C=O) groups is 3. The van der Waals surface area contributed by atoms with E-state index in [1.54, 1.807) is 39.0 Å². The Bertz CT molecular complexity index is 1760. The molecule has 4 aromatic rings. The Hall–Kier alpha value is -3.61. The highest BCUT2D eigenvalue weighted by Crippen LogP contribution is 2.31. The Morgan fingerprint density at radius 2 is 1.76 bits per heavy atom. The number of amides is 3. The van der Waals surface area contributed by atoms with Crippen molar-refractivity contribution in [2.45, 2.75) is 56.1 Å². The minimum absolute atomic E-state index is 0.0256. The van der Waals surface area contributed by atoms with Crippen molar-refractivity contribution in [1.29, 1.82) is 0 Å². The number of thiazole rings is 1. The van der Waals surface area contributed by atoms with Gasteiger partial charge in [0.2, 0.25) is 5.91 Å². The van der Waals surface area contributed by atoms with E-state index < -0.39 is 17.6 Å². The molecular formula is C36H39Cl2N5O4S2. The van der Waals surface area contributed by atoms with E-state index >= 15 is 0 Å². The number of rotatable bonds is 11. The van der Waals surface area contributed by atoms with Crippen LogP contribution in [-0.2, 0) is 20.9 Å². The van der Waals surface area contributed by atoms with Crippen LogP contribution < -0.4 is 15.5 Å². The highest BCUT2D eigenvalue weighted by molar-refractivity contribution is 8.01. The van der Waals surface area contributed by atoms with Gasteiger partial charge in [0.25, 0.3) is 5.91 Å². The molecule has 49 heavy (non-hydrogen) atoms. The van der Waals surface area contributed by atoms with Gasteiger partial charge in [0.1, 0.15) is 5.60 Å². The predicted octanol–water partition coefficient (Wildman–Crippen LogP) is 8.37. The van der Waals surface area contributed by atoms with Crippen LogP contribution in [0.3, 0.4) is 0 Å². The first-order chi connectivity index (χ1) is 23.4. The zero-order chi connectivity index (χ0) is 35.0. The van der Waals surface area contributed by atoms with Crippen LogP contribution in [0.25, 0.3) is 11.3 Å². The Labute approximate surface area is 305 Å². The number of likely N-dealkylation sites (tertiary alicyclic amines) is 1. The third-order valence-electron chi connectivity index (χ3n) is 7.60. The number of halogens is 2. The minimum Gasteiger partial charge on any atom is -0.443 e. The van der Waals surface area contributed by atoms with Gasteiger partial charge in [-0.05, 0) is 75.6 Å². The summed E-state index contributed by atoms with van der Waals surface area (Å²) in [4.78, 5) is 47.6. The zero-order valence-corrected chi connectivity index (χ0v) is 30.7. The molecule has 258 valence electrons. The summed E-state index contributed by atoms with van der Waals surface area (Å²) in [5, 5.41) is 9.25. The summed E-state index contributed by atoms with van der Waals surface area (Å²) in [6.45, 7) is 7.72. The van der Waals surface area contributed by atoms with E-state index in [2.05, 4.69) is 15.5 Å². The van der Waals surface area contributed by atoms with Crippen LogP contribution in [0.4, 0.5) is 16.2 Å². The molecule has 3 amide bonds. The molecule has 0 unspecified atom stereocenters. The SMILES string of the molecule is CC(C)(C)OC(=O)N(C(=O)CNc1ccccc1)c1cccc(-c2csc(SCC(=O)NC3CCN(Cc4ccc(Cl)c(Cl)c4)CC3)n2)c1. The van der Waals surface area contributed by atoms with Gasteiger partial charge < -0.3 is 15.4 Å². The number of ether oxygens (including phenoxy) is 1. The molecule has 1 aromatic heterocycles. The maximum atomic E-state index is 13.4. The van der Waals surface area contributed by atoms with Crippen LogP contribution in [0.15, 0.2) is 82.5 Å². The van der Waals surface area contributed by atoms with E-state index in [-0.39, 0.29) is 24.2 Å². The average Bonchev–Trinajstić information content (AvgIpc) is 3.55. The summed E-state index contributed by atoms with van der Waals surface area (Å²) in [6, 6.07) is 22.2. The van der Waals surface area contributed by atoms with Crippen molar-refractivity contribution < 1.29 is 19.1 Å². The lowest BCUT2D eigenvalue weighted by molar-refractivity contribution is -0.119. The van der Waals surface area contributed by atoms with E-state index in [0.29, 0.717) is 21.4 Å². The fourth-order valence-electron chi connectivity index (χ4n) is 5.26. The molecule has 0 atom stereocenters. The summed E-state index contributed by atoms with van der Waals surface area (Å²) in [6.07, 6.45) is 0.989. The number of hydrogen-bond acceptors (Lipinski definition) is 9. The van der Waals surface area contributed by atoms with Crippen molar-refractivity contribution in [3.8, 4) is 11.3 Å². The lowest BCUT2D eigenvalue weighted by atomic mass is 10.0. The third kappa shape index (κ3) is 10.9. The first-order valence-corrected chi connectivity index (χ1v) is 18.5. The average molecular weight is 741 g/mol. The number of carbonyl (C=O) groups excluding carboxylic acids is 3. The minimum atomic E-state index is -0.794. The molecule has 2 N–H and O–H groups in total. The molecule has 0 aliphatic carbocycles. The fourth-order valence-corrected chi connectivity index (χ4v) is 7.23. The first-order valence-electron chi connectivity index (χ1n) is 15.9. The topological polar surface area (TPSA) is 104 Å². The quantitative estimate of drug-likeness (QED) is 0.148. The Balaban J connectivity index is 1.15. The van der Waals surface area contributed by atoms with Crippen molar-refractivity contribution >= 4 is 75.6 Å². The standard InChI is InChI=1S/C36H39Cl2N5O4S2/c1-36(2,3)47-35(46)43(33(45)20-39-26-9-5-4-6-10-26)28-11-7-8-25(19-28)31-22-48-34(41-31)49-23-32(44)40-27-14-16-42(17-15-27)21-24-12-13-29(37)30(38)18-24/h4-13,18-19,22,27,39H,14-17,20-21,23H2,1-3H3,(H,40,44). The van der Waals surface area contributed by atoms with Crippen LogP contribution in [0.1, 0.15) is 39.2 Å². The summed E-state index contributed by atoms with van der Waals surface area (Å²) < 4.78 is 6.34. The summed E-state index contributed by atoms with van der Waals surface area (Å²) >= 11 is 15.0. The molecule has 1 fully saturated rings. The maximum Gasteiger partial charge on any atom is 0.421 e. The third-order valence-corrected chi connectivity index (χ3v) is 10.4. The Morgan fingerprint density at radius 3 is 2.47 bits per heavy atom. The normalized spacial score (nSPS) is 13.9. The van der Waals surface area contributed by atoms with Gasteiger partial charge in [-0.2, -0.15) is 0 Å². The van der Waals surface area contributed by atoms with Crippen LogP contribution >= 0.6 is 46.3 Å². The van der Waals surface area contributed by atoms with Gasteiger partial charge in [-0.15, -0.1) is 11.3 Å². The number of para-hydroxylation sites is 1. The molecule has 0 bridgehead atoms. The van der Waals surface area contributed by atoms with Crippen molar-refractivity contribution in [2.24, 2.45) is 0 Å². The second kappa shape index (κ2) is 16.9. The number of thioether (sulfide) groups is 1. The second-order valence-corrected chi connectivity index (χ2v) is 15.5. The van der Waals surface area contributed by atoms with E-state index in [4.69, 9.17) is 32.9 Å². The lowest BCUT2D eigenvalue weighted by Gasteiger charge is -2.32. The van der Waals surface area contributed by atoms with Crippen LogP contribution in [0.5, 0.6) is 0 Å². The van der Waals surface area contributed by atoms with Gasteiger partial charge >= 0.3 is 6.09 Å². The largest absolute Gasteiger partial charge is 0.443 e. The molecule has 9 nitrogen and oxygen atoms in total. The molecule has 0 saturated carbocycles. The molecule has 1 saturated heterocycles. The molecule has 1 aliphatic heterocycles. The monoisotopic (exact) mass is 739 g/mol. The number of nitrogens with one attached hydrogen (secondary N) is 2. The van der Waals surface area contributed by atoms with Crippen molar-refractivity contribution in [3.63, 3.8) is 0 Å². The van der Waals surface area contributed by atoms with Crippen LogP contribution in [-0.4, -0.2) is 64.8 Å². The molecule has 0 radical (unpaired) electrons. The number of piperidine rings is 1. The van der Waals surface area contributed by atoms with Gasteiger partial charge in [-0.25, -0.2) is 14.7 Å². The lowest BCUT2D eigenvalue weighted by Crippen LogP contribution is -2.44. The van der Waals surface area contributed by atoms with E-state index in [9.17, 15) is 14.4 Å². The predicted molar refractivity (Wildman–Crippen MR) is 200 cm³/mol. The molecule has 13 heteroatoms. The van der Waals surface area contributed by atoms with Crippen LogP contribution in [0, 0.1) is 0 Å². The van der Waals surface area contributed by atoms with Crippen molar-refractivity contribution in [1.82, 2.24) is 15.2 Å². The van der Waals surface area contributed by atoms with Gasteiger partial charge in [-0.1, -0.05) is 71.4 Å². The molecule has 1 aliphatic rings. The van der Waals surface area contributed by atoms with Gasteiger partial charge in [0.05, 0.1) is 33.7 Å². The van der Waals surface area contributed by atoms with Crippen molar-refractivity contribution in [2.75, 3.05) is 35.6 Å². The summed E-state index contributed by atoms with van der Waals surface area (Å²) in [7, 11) is 0. The maximum absolute atomic E-state index is 13.4. The number of hydrogen-bond donors (Lipinski definition) is 2. The molecule has 3 aromatic carbocycles. The molecule has 0 spiro atoms. The Morgan fingerprint density at radius 1 is 1.00 bits per heavy atom. The molecule has 2 heterocycles. The van der Waals surface area contributed by atoms with E-state index in [0.717, 1.165) is 58.5 Å². The number of benzene rings is 3. The zero-order valence-electron chi connectivity index (χ0n) is 27.6. The number of aromatic nitrogens is 1.